The number of amides is 1. The van der Waals surface area contributed by atoms with Crippen molar-refractivity contribution in [2.24, 2.45) is 4.99 Å². The molecular formula is C21H31IN4O3S. The summed E-state index contributed by atoms with van der Waals surface area (Å²) < 4.78 is 23.0. The number of halogens is 1. The van der Waals surface area contributed by atoms with Gasteiger partial charge in [-0.05, 0) is 30.9 Å². The quantitative estimate of drug-likeness (QED) is 0.324. The van der Waals surface area contributed by atoms with Gasteiger partial charge in [-0.25, -0.2) is 8.42 Å². The highest BCUT2D eigenvalue weighted by atomic mass is 127. The Kier molecular flexibility index (Phi) is 9.60. The lowest BCUT2D eigenvalue weighted by atomic mass is 10.00. The third kappa shape index (κ3) is 7.26. The van der Waals surface area contributed by atoms with E-state index in [0.29, 0.717) is 13.0 Å². The number of nitrogens with one attached hydrogen (secondary N) is 2. The molecule has 1 saturated heterocycles. The topological polar surface area (TPSA) is 90.9 Å². The van der Waals surface area contributed by atoms with E-state index in [1.54, 1.807) is 0 Å². The summed E-state index contributed by atoms with van der Waals surface area (Å²) in [4.78, 5) is 18.9. The van der Waals surface area contributed by atoms with Crippen LogP contribution in [0.5, 0.6) is 0 Å². The third-order valence-corrected chi connectivity index (χ3v) is 6.95. The number of sulfone groups is 1. The van der Waals surface area contributed by atoms with Crippen molar-refractivity contribution >= 4 is 51.3 Å². The van der Waals surface area contributed by atoms with E-state index in [1.165, 1.54) is 11.1 Å². The van der Waals surface area contributed by atoms with Gasteiger partial charge in [-0.1, -0.05) is 36.4 Å². The molecule has 2 aliphatic rings. The SMILES string of the molecule is CCNC(=NCCC(=O)NC1CCS(=O)(=O)C1)N1CC=C(c2ccccc2)CC1.I. The van der Waals surface area contributed by atoms with Crippen LogP contribution in [0.25, 0.3) is 5.57 Å². The van der Waals surface area contributed by atoms with Gasteiger partial charge in [0.1, 0.15) is 0 Å². The van der Waals surface area contributed by atoms with E-state index in [-0.39, 0.29) is 53.9 Å². The number of benzene rings is 1. The van der Waals surface area contributed by atoms with Crippen molar-refractivity contribution in [2.45, 2.75) is 32.2 Å². The second kappa shape index (κ2) is 11.7. The van der Waals surface area contributed by atoms with Crippen LogP contribution in [0.4, 0.5) is 0 Å². The molecule has 0 radical (unpaired) electrons. The highest BCUT2D eigenvalue weighted by Crippen LogP contribution is 2.22. The van der Waals surface area contributed by atoms with Crippen LogP contribution in [0.15, 0.2) is 41.4 Å². The maximum absolute atomic E-state index is 12.1. The van der Waals surface area contributed by atoms with E-state index in [1.807, 2.05) is 13.0 Å². The molecule has 0 aliphatic carbocycles. The molecule has 1 unspecified atom stereocenters. The largest absolute Gasteiger partial charge is 0.357 e. The Bertz CT molecular complexity index is 871. The Labute approximate surface area is 196 Å². The monoisotopic (exact) mass is 546 g/mol. The van der Waals surface area contributed by atoms with Gasteiger partial charge in [0.2, 0.25) is 5.91 Å². The maximum atomic E-state index is 12.1. The van der Waals surface area contributed by atoms with Crippen LogP contribution in [0.2, 0.25) is 0 Å². The first kappa shape index (κ1) is 24.6. The zero-order valence-corrected chi connectivity index (χ0v) is 20.5. The molecule has 1 fully saturated rings. The van der Waals surface area contributed by atoms with Crippen molar-refractivity contribution in [2.75, 3.05) is 37.7 Å². The predicted molar refractivity (Wildman–Crippen MR) is 132 cm³/mol. The highest BCUT2D eigenvalue weighted by Gasteiger charge is 2.28. The van der Waals surface area contributed by atoms with Crippen LogP contribution in [0, 0.1) is 0 Å². The molecule has 30 heavy (non-hydrogen) atoms. The summed E-state index contributed by atoms with van der Waals surface area (Å²) in [5.74, 6) is 0.881. The molecule has 1 aromatic rings. The molecule has 0 spiro atoms. The summed E-state index contributed by atoms with van der Waals surface area (Å²) in [6.07, 6.45) is 3.94. The zero-order chi connectivity index (χ0) is 20.7. The van der Waals surface area contributed by atoms with Crippen LogP contribution < -0.4 is 10.6 Å². The van der Waals surface area contributed by atoms with Gasteiger partial charge in [-0.3, -0.25) is 9.79 Å². The summed E-state index contributed by atoms with van der Waals surface area (Å²) >= 11 is 0. The molecule has 9 heteroatoms. The van der Waals surface area contributed by atoms with Crippen molar-refractivity contribution in [3.63, 3.8) is 0 Å². The normalized spacial score (nSPS) is 20.8. The molecule has 0 bridgehead atoms. The van der Waals surface area contributed by atoms with Crippen LogP contribution in [-0.4, -0.2) is 68.9 Å². The molecule has 7 nitrogen and oxygen atoms in total. The summed E-state index contributed by atoms with van der Waals surface area (Å²) in [5.41, 5.74) is 2.61. The predicted octanol–water partition coefficient (Wildman–Crippen LogP) is 2.05. The number of nitrogens with zero attached hydrogens (tertiary/aromatic N) is 2. The second-order valence-electron chi connectivity index (χ2n) is 7.44. The summed E-state index contributed by atoms with van der Waals surface area (Å²) in [5, 5.41) is 6.11. The average Bonchev–Trinajstić information content (AvgIpc) is 3.06. The minimum atomic E-state index is -2.99. The fourth-order valence-corrected chi connectivity index (χ4v) is 5.35. The van der Waals surface area contributed by atoms with Crippen molar-refractivity contribution in [1.82, 2.24) is 15.5 Å². The van der Waals surface area contributed by atoms with Gasteiger partial charge < -0.3 is 15.5 Å². The standard InChI is InChI=1S/C21H30N4O3S.HI/c1-2-22-21(23-12-8-20(26)24-19-11-15-29(27,28)16-19)25-13-9-18(10-14-25)17-6-4-3-5-7-17;/h3-7,9,19H,2,8,10-16H2,1H3,(H,22,23)(H,24,26);1H. The third-order valence-electron chi connectivity index (χ3n) is 5.19. The Morgan fingerprint density at radius 2 is 2.03 bits per heavy atom. The lowest BCUT2D eigenvalue weighted by Crippen LogP contribution is -2.43. The Balaban J connectivity index is 0.00000320. The molecular weight excluding hydrogens is 515 g/mol. The van der Waals surface area contributed by atoms with Gasteiger partial charge in [0, 0.05) is 32.1 Å². The number of hydrogen-bond donors (Lipinski definition) is 2. The van der Waals surface area contributed by atoms with Crippen LogP contribution >= 0.6 is 24.0 Å². The van der Waals surface area contributed by atoms with Crippen LogP contribution in [-0.2, 0) is 14.6 Å². The van der Waals surface area contributed by atoms with E-state index in [2.05, 4.69) is 50.9 Å². The first-order chi connectivity index (χ1) is 14.0. The lowest BCUT2D eigenvalue weighted by Gasteiger charge is -2.30. The number of guanidine groups is 1. The van der Waals surface area contributed by atoms with Crippen molar-refractivity contribution in [3.8, 4) is 0 Å². The van der Waals surface area contributed by atoms with Gasteiger partial charge in [-0.2, -0.15) is 0 Å². The number of carbonyl (C=O) groups is 1. The van der Waals surface area contributed by atoms with E-state index in [9.17, 15) is 13.2 Å². The number of rotatable bonds is 6. The van der Waals surface area contributed by atoms with Crippen molar-refractivity contribution < 1.29 is 13.2 Å². The minimum Gasteiger partial charge on any atom is -0.357 e. The van der Waals surface area contributed by atoms with Crippen molar-refractivity contribution in [3.05, 3.63) is 42.0 Å². The smallest absolute Gasteiger partial charge is 0.222 e. The lowest BCUT2D eigenvalue weighted by molar-refractivity contribution is -0.121. The summed E-state index contributed by atoms with van der Waals surface area (Å²) in [6.45, 7) is 4.81. The Morgan fingerprint density at radius 1 is 1.27 bits per heavy atom. The average molecular weight is 546 g/mol. The van der Waals surface area contributed by atoms with Gasteiger partial charge in [-0.15, -0.1) is 24.0 Å². The Hall–Kier alpha value is -1.62. The second-order valence-corrected chi connectivity index (χ2v) is 9.67. The summed E-state index contributed by atoms with van der Waals surface area (Å²) in [6, 6.07) is 10.1. The Morgan fingerprint density at radius 3 is 2.63 bits per heavy atom. The molecule has 166 valence electrons. The van der Waals surface area contributed by atoms with Gasteiger partial charge in [0.15, 0.2) is 15.8 Å². The van der Waals surface area contributed by atoms with Gasteiger partial charge in [0.05, 0.1) is 18.1 Å². The van der Waals surface area contributed by atoms with Crippen molar-refractivity contribution in [1.29, 1.82) is 0 Å². The minimum absolute atomic E-state index is 0. The zero-order valence-electron chi connectivity index (χ0n) is 17.3. The fourth-order valence-electron chi connectivity index (χ4n) is 3.67. The number of aliphatic imine (C=N–C) groups is 1. The first-order valence-corrected chi connectivity index (χ1v) is 12.1. The van der Waals surface area contributed by atoms with E-state index >= 15 is 0 Å². The molecule has 0 aromatic heterocycles. The molecule has 2 N–H and O–H groups in total. The van der Waals surface area contributed by atoms with Gasteiger partial charge in [0.25, 0.3) is 0 Å². The van der Waals surface area contributed by atoms with E-state index in [0.717, 1.165) is 32.0 Å². The molecule has 0 saturated carbocycles. The van der Waals surface area contributed by atoms with Gasteiger partial charge >= 0.3 is 0 Å². The van der Waals surface area contributed by atoms with Crippen LogP contribution in [0.3, 0.4) is 0 Å². The molecule has 1 atom stereocenters. The maximum Gasteiger partial charge on any atom is 0.222 e. The molecule has 1 aromatic carbocycles. The number of hydrogen-bond acceptors (Lipinski definition) is 4. The van der Waals surface area contributed by atoms with Crippen LogP contribution in [0.1, 0.15) is 31.7 Å². The first-order valence-electron chi connectivity index (χ1n) is 10.2. The fraction of sp³-hybridized carbons (Fsp3) is 0.524. The molecule has 1 amide bonds. The van der Waals surface area contributed by atoms with E-state index in [4.69, 9.17) is 0 Å². The summed E-state index contributed by atoms with van der Waals surface area (Å²) in [7, 11) is -2.99. The molecule has 3 rings (SSSR count). The molecule has 2 heterocycles. The van der Waals surface area contributed by atoms with E-state index < -0.39 is 9.84 Å². The highest BCUT2D eigenvalue weighted by molar-refractivity contribution is 14.0. The number of carbonyl (C=O) groups excluding carboxylic acids is 1. The molecule has 2 aliphatic heterocycles.